The summed E-state index contributed by atoms with van der Waals surface area (Å²) in [6, 6.07) is 5.42. The number of nitro benzene ring substituents is 1. The normalized spacial score (nSPS) is 17.0. The summed E-state index contributed by atoms with van der Waals surface area (Å²) in [4.78, 5) is 33.9. The summed E-state index contributed by atoms with van der Waals surface area (Å²) in [5.41, 5.74) is -1.96. The fourth-order valence-electron chi connectivity index (χ4n) is 2.22. The third kappa shape index (κ3) is 3.00. The Morgan fingerprint density at radius 3 is 2.48 bits per heavy atom. The number of carbonyl (C=O) groups is 2. The number of carboxylic acid groups (broad SMARTS) is 1. The number of hydrogen-bond acceptors (Lipinski definition) is 5. The van der Waals surface area contributed by atoms with Crippen molar-refractivity contribution in [3.8, 4) is 0 Å². The van der Waals surface area contributed by atoms with Crippen molar-refractivity contribution in [1.29, 1.82) is 0 Å². The Labute approximate surface area is 119 Å². The predicted octanol–water partition coefficient (Wildman–Crippen LogP) is 0.958. The molecule has 0 bridgehead atoms. The molecule has 1 aromatic rings. The number of para-hydroxylation sites is 1. The molecule has 21 heavy (non-hydrogen) atoms. The first-order chi connectivity index (χ1) is 9.96. The number of benzene rings is 1. The Morgan fingerprint density at radius 1 is 1.29 bits per heavy atom. The highest BCUT2D eigenvalue weighted by molar-refractivity contribution is 6.01. The summed E-state index contributed by atoms with van der Waals surface area (Å²) in [6.07, 6.45) is 0.239. The maximum Gasteiger partial charge on any atom is 0.329 e. The van der Waals surface area contributed by atoms with Gasteiger partial charge in [-0.05, 0) is 6.07 Å². The van der Waals surface area contributed by atoms with E-state index in [1.54, 1.807) is 0 Å². The number of carboxylic acids is 1. The number of nitro groups is 1. The van der Waals surface area contributed by atoms with E-state index in [0.717, 1.165) is 0 Å². The number of hydrogen-bond donors (Lipinski definition) is 2. The summed E-state index contributed by atoms with van der Waals surface area (Å²) in [6.45, 7) is 0.424. The molecule has 2 N–H and O–H groups in total. The van der Waals surface area contributed by atoms with Crippen LogP contribution in [0.25, 0.3) is 0 Å². The fourth-order valence-corrected chi connectivity index (χ4v) is 2.22. The van der Waals surface area contributed by atoms with Crippen molar-refractivity contribution in [3.63, 3.8) is 0 Å². The van der Waals surface area contributed by atoms with Gasteiger partial charge in [0.25, 0.3) is 11.6 Å². The number of ether oxygens (including phenoxy) is 1. The molecular formula is C13H14N2O6. The van der Waals surface area contributed by atoms with Crippen LogP contribution in [0.4, 0.5) is 5.69 Å². The van der Waals surface area contributed by atoms with Gasteiger partial charge in [-0.25, -0.2) is 4.79 Å². The molecule has 0 aromatic heterocycles. The van der Waals surface area contributed by atoms with Crippen LogP contribution in [0.2, 0.25) is 0 Å². The average molecular weight is 294 g/mol. The standard InChI is InChI=1S/C13H14N2O6/c16-11(9-3-1-2-4-10(9)15(19)20)14-13(12(17)18)5-7-21-8-6-13/h1-4H,5-8H2,(H,14,16)(H,17,18). The Hall–Kier alpha value is -2.48. The van der Waals surface area contributed by atoms with Gasteiger partial charge in [0.1, 0.15) is 11.1 Å². The largest absolute Gasteiger partial charge is 0.480 e. The van der Waals surface area contributed by atoms with Crippen LogP contribution in [-0.4, -0.2) is 40.7 Å². The third-order valence-electron chi connectivity index (χ3n) is 3.45. The van der Waals surface area contributed by atoms with E-state index in [9.17, 15) is 24.8 Å². The van der Waals surface area contributed by atoms with Gasteiger partial charge in [-0.3, -0.25) is 14.9 Å². The zero-order valence-electron chi connectivity index (χ0n) is 11.1. The van der Waals surface area contributed by atoms with Gasteiger partial charge in [-0.1, -0.05) is 12.1 Å². The van der Waals surface area contributed by atoms with Gasteiger partial charge in [-0.2, -0.15) is 0 Å². The van der Waals surface area contributed by atoms with E-state index in [4.69, 9.17) is 4.74 Å². The van der Waals surface area contributed by atoms with E-state index in [1.807, 2.05) is 0 Å². The first-order valence-corrected chi connectivity index (χ1v) is 6.33. The van der Waals surface area contributed by atoms with Gasteiger partial charge in [-0.15, -0.1) is 0 Å². The van der Waals surface area contributed by atoms with Crippen LogP contribution in [0.15, 0.2) is 24.3 Å². The molecule has 0 spiro atoms. The molecule has 1 heterocycles. The molecule has 0 atom stereocenters. The number of nitrogens with zero attached hydrogens (tertiary/aromatic N) is 1. The van der Waals surface area contributed by atoms with E-state index in [2.05, 4.69) is 5.32 Å². The molecule has 1 fully saturated rings. The van der Waals surface area contributed by atoms with Crippen LogP contribution in [0, 0.1) is 10.1 Å². The highest BCUT2D eigenvalue weighted by Gasteiger charge is 2.42. The second-order valence-corrected chi connectivity index (χ2v) is 4.73. The minimum absolute atomic E-state index is 0.120. The molecule has 0 radical (unpaired) electrons. The average Bonchev–Trinajstić information content (AvgIpc) is 2.48. The van der Waals surface area contributed by atoms with E-state index in [-0.39, 0.29) is 37.3 Å². The molecule has 1 saturated heterocycles. The molecule has 2 rings (SSSR count). The molecule has 1 aliphatic heterocycles. The third-order valence-corrected chi connectivity index (χ3v) is 3.45. The molecule has 0 aliphatic carbocycles. The van der Waals surface area contributed by atoms with Crippen molar-refractivity contribution in [2.75, 3.05) is 13.2 Å². The predicted molar refractivity (Wildman–Crippen MR) is 71.0 cm³/mol. The lowest BCUT2D eigenvalue weighted by Gasteiger charge is -2.33. The molecular weight excluding hydrogens is 280 g/mol. The van der Waals surface area contributed by atoms with Gasteiger partial charge < -0.3 is 15.2 Å². The Morgan fingerprint density at radius 2 is 1.90 bits per heavy atom. The van der Waals surface area contributed by atoms with Crippen molar-refractivity contribution >= 4 is 17.6 Å². The SMILES string of the molecule is O=C(NC1(C(=O)O)CCOCC1)c1ccccc1[N+](=O)[O-]. The van der Waals surface area contributed by atoms with E-state index in [1.165, 1.54) is 24.3 Å². The maximum absolute atomic E-state index is 12.2. The number of rotatable bonds is 4. The van der Waals surface area contributed by atoms with Gasteiger partial charge in [0, 0.05) is 32.1 Å². The van der Waals surface area contributed by atoms with Crippen LogP contribution in [0.3, 0.4) is 0 Å². The summed E-state index contributed by atoms with van der Waals surface area (Å²) in [7, 11) is 0. The van der Waals surface area contributed by atoms with Crippen LogP contribution < -0.4 is 5.32 Å². The second-order valence-electron chi connectivity index (χ2n) is 4.73. The molecule has 112 valence electrons. The van der Waals surface area contributed by atoms with Gasteiger partial charge >= 0.3 is 5.97 Å². The molecule has 1 aromatic carbocycles. The summed E-state index contributed by atoms with van der Waals surface area (Å²) < 4.78 is 5.10. The van der Waals surface area contributed by atoms with Gasteiger partial charge in [0.2, 0.25) is 0 Å². The maximum atomic E-state index is 12.2. The van der Waals surface area contributed by atoms with Crippen LogP contribution >= 0.6 is 0 Å². The van der Waals surface area contributed by atoms with Crippen molar-refractivity contribution in [2.24, 2.45) is 0 Å². The highest BCUT2D eigenvalue weighted by Crippen LogP contribution is 2.24. The highest BCUT2D eigenvalue weighted by atomic mass is 16.6. The molecule has 8 heteroatoms. The quantitative estimate of drug-likeness (QED) is 0.630. The topological polar surface area (TPSA) is 119 Å². The lowest BCUT2D eigenvalue weighted by molar-refractivity contribution is -0.385. The van der Waals surface area contributed by atoms with E-state index in [0.29, 0.717) is 0 Å². The molecule has 0 unspecified atom stereocenters. The fraction of sp³-hybridized carbons (Fsp3) is 0.385. The first-order valence-electron chi connectivity index (χ1n) is 6.33. The first kappa shape index (κ1) is 14.9. The Balaban J connectivity index is 2.28. The summed E-state index contributed by atoms with van der Waals surface area (Å²) in [5, 5.41) is 22.7. The van der Waals surface area contributed by atoms with Crippen LogP contribution in [0.5, 0.6) is 0 Å². The Bertz CT molecular complexity index is 580. The Kier molecular flexibility index (Phi) is 4.18. The summed E-state index contributed by atoms with van der Waals surface area (Å²) >= 11 is 0. The number of nitrogens with one attached hydrogen (secondary N) is 1. The zero-order valence-corrected chi connectivity index (χ0v) is 11.1. The van der Waals surface area contributed by atoms with Crippen LogP contribution in [0.1, 0.15) is 23.2 Å². The van der Waals surface area contributed by atoms with Gasteiger partial charge in [0.15, 0.2) is 0 Å². The molecule has 1 amide bonds. The van der Waals surface area contributed by atoms with Crippen molar-refractivity contribution < 1.29 is 24.4 Å². The summed E-state index contributed by atoms with van der Waals surface area (Å²) in [5.74, 6) is -1.94. The lowest BCUT2D eigenvalue weighted by Crippen LogP contribution is -2.57. The number of amides is 1. The van der Waals surface area contributed by atoms with Crippen molar-refractivity contribution in [1.82, 2.24) is 5.32 Å². The monoisotopic (exact) mass is 294 g/mol. The van der Waals surface area contributed by atoms with Crippen molar-refractivity contribution in [3.05, 3.63) is 39.9 Å². The molecule has 8 nitrogen and oxygen atoms in total. The number of carbonyl (C=O) groups excluding carboxylic acids is 1. The smallest absolute Gasteiger partial charge is 0.329 e. The second kappa shape index (κ2) is 5.88. The minimum atomic E-state index is -1.45. The van der Waals surface area contributed by atoms with E-state index >= 15 is 0 Å². The zero-order chi connectivity index (χ0) is 15.5. The van der Waals surface area contributed by atoms with Crippen LogP contribution in [-0.2, 0) is 9.53 Å². The van der Waals surface area contributed by atoms with Gasteiger partial charge in [0.05, 0.1) is 4.92 Å². The van der Waals surface area contributed by atoms with Crippen molar-refractivity contribution in [2.45, 2.75) is 18.4 Å². The number of aliphatic carboxylic acids is 1. The lowest BCUT2D eigenvalue weighted by atomic mass is 9.89. The molecule has 0 saturated carbocycles. The molecule has 1 aliphatic rings. The minimum Gasteiger partial charge on any atom is -0.480 e. The van der Waals surface area contributed by atoms with E-state index < -0.39 is 22.3 Å².